The van der Waals surface area contributed by atoms with Gasteiger partial charge in [-0.2, -0.15) is 0 Å². The highest BCUT2D eigenvalue weighted by atomic mass is 16.7. The SMILES string of the molecule is COc1ccc([C@H]2OC[C@@H]3C[C@@H](n4ccc5c(N[C@H]6CCc7ccccc76)ncnc54)[C@H](O)[C@H]3O2)cc1. The maximum absolute atomic E-state index is 11.4. The fourth-order valence-electron chi connectivity index (χ4n) is 6.27. The van der Waals surface area contributed by atoms with E-state index in [4.69, 9.17) is 14.2 Å². The predicted octanol–water partition coefficient (Wildman–Crippen LogP) is 4.58. The molecule has 37 heavy (non-hydrogen) atoms. The van der Waals surface area contributed by atoms with Crippen molar-refractivity contribution in [3.63, 3.8) is 0 Å². The Morgan fingerprint density at radius 1 is 1.08 bits per heavy atom. The van der Waals surface area contributed by atoms with Crippen LogP contribution in [0.4, 0.5) is 5.82 Å². The number of aliphatic hydroxyl groups excluding tert-OH is 1. The Labute approximate surface area is 215 Å². The molecule has 8 nitrogen and oxygen atoms in total. The van der Waals surface area contributed by atoms with Crippen molar-refractivity contribution >= 4 is 16.9 Å². The number of anilines is 1. The van der Waals surface area contributed by atoms with E-state index in [1.54, 1.807) is 13.4 Å². The van der Waals surface area contributed by atoms with Gasteiger partial charge in [-0.05, 0) is 48.6 Å². The first-order valence-corrected chi connectivity index (χ1v) is 12.9. The van der Waals surface area contributed by atoms with E-state index in [2.05, 4.69) is 44.1 Å². The second kappa shape index (κ2) is 9.13. The minimum absolute atomic E-state index is 0.112. The van der Waals surface area contributed by atoms with E-state index >= 15 is 0 Å². The number of nitrogens with one attached hydrogen (secondary N) is 1. The average Bonchev–Trinajstić information content (AvgIpc) is 3.65. The van der Waals surface area contributed by atoms with Crippen molar-refractivity contribution in [1.82, 2.24) is 14.5 Å². The van der Waals surface area contributed by atoms with Crippen LogP contribution < -0.4 is 10.1 Å². The molecule has 3 aliphatic rings. The van der Waals surface area contributed by atoms with Gasteiger partial charge < -0.3 is 29.2 Å². The summed E-state index contributed by atoms with van der Waals surface area (Å²) in [6.45, 7) is 0.539. The fourth-order valence-corrected chi connectivity index (χ4v) is 6.27. The molecule has 4 aromatic rings. The first kappa shape index (κ1) is 22.7. The number of aliphatic hydroxyl groups is 1. The molecule has 0 unspecified atom stereocenters. The van der Waals surface area contributed by atoms with Crippen molar-refractivity contribution in [2.45, 2.75) is 49.8 Å². The van der Waals surface area contributed by atoms with Crippen molar-refractivity contribution in [2.75, 3.05) is 19.0 Å². The van der Waals surface area contributed by atoms with Crippen molar-refractivity contribution in [1.29, 1.82) is 0 Å². The van der Waals surface area contributed by atoms with Crippen LogP contribution in [0, 0.1) is 5.92 Å². The van der Waals surface area contributed by atoms with Gasteiger partial charge >= 0.3 is 0 Å². The molecule has 1 saturated carbocycles. The minimum atomic E-state index is -0.668. The summed E-state index contributed by atoms with van der Waals surface area (Å²) in [5, 5.41) is 16.0. The molecular weight excluding hydrogens is 468 g/mol. The number of hydrogen-bond acceptors (Lipinski definition) is 7. The second-order valence-electron chi connectivity index (χ2n) is 10.2. The maximum Gasteiger partial charge on any atom is 0.184 e. The molecule has 6 atom stereocenters. The minimum Gasteiger partial charge on any atom is -0.497 e. The van der Waals surface area contributed by atoms with Crippen LogP contribution in [0.15, 0.2) is 67.1 Å². The molecule has 8 heteroatoms. The van der Waals surface area contributed by atoms with Crippen molar-refractivity contribution in [3.05, 3.63) is 83.8 Å². The Balaban J connectivity index is 1.12. The molecule has 1 saturated heterocycles. The van der Waals surface area contributed by atoms with Crippen LogP contribution in [0.1, 0.15) is 47.9 Å². The lowest BCUT2D eigenvalue weighted by molar-refractivity contribution is -0.249. The molecule has 2 fully saturated rings. The lowest BCUT2D eigenvalue weighted by atomic mass is 10.0. The van der Waals surface area contributed by atoms with Crippen molar-refractivity contribution < 1.29 is 19.3 Å². The summed E-state index contributed by atoms with van der Waals surface area (Å²) in [4.78, 5) is 9.19. The van der Waals surface area contributed by atoms with E-state index < -0.39 is 12.4 Å². The highest BCUT2D eigenvalue weighted by molar-refractivity contribution is 5.87. The average molecular weight is 499 g/mol. The van der Waals surface area contributed by atoms with Crippen LogP contribution in [0.3, 0.4) is 0 Å². The lowest BCUT2D eigenvalue weighted by Crippen LogP contribution is -2.39. The summed E-state index contributed by atoms with van der Waals surface area (Å²) < 4.78 is 19.7. The first-order valence-electron chi connectivity index (χ1n) is 12.9. The van der Waals surface area contributed by atoms with Crippen LogP contribution in [0.25, 0.3) is 11.0 Å². The van der Waals surface area contributed by atoms with Crippen molar-refractivity contribution in [2.24, 2.45) is 5.92 Å². The number of benzene rings is 2. The number of aromatic nitrogens is 3. The molecule has 2 aliphatic carbocycles. The van der Waals surface area contributed by atoms with Crippen LogP contribution in [-0.4, -0.2) is 45.6 Å². The highest BCUT2D eigenvalue weighted by Gasteiger charge is 2.48. The zero-order valence-corrected chi connectivity index (χ0v) is 20.7. The fraction of sp³-hybridized carbons (Fsp3) is 0.379. The quantitative estimate of drug-likeness (QED) is 0.416. The lowest BCUT2D eigenvalue weighted by Gasteiger charge is -2.34. The monoisotopic (exact) mass is 498 g/mol. The summed E-state index contributed by atoms with van der Waals surface area (Å²) in [6, 6.07) is 18.4. The van der Waals surface area contributed by atoms with Gasteiger partial charge in [0.2, 0.25) is 0 Å². The number of aryl methyl sites for hydroxylation is 1. The van der Waals surface area contributed by atoms with Crippen LogP contribution in [0.5, 0.6) is 5.75 Å². The van der Waals surface area contributed by atoms with Gasteiger partial charge in [0, 0.05) is 17.7 Å². The summed E-state index contributed by atoms with van der Waals surface area (Å²) >= 11 is 0. The van der Waals surface area contributed by atoms with Crippen LogP contribution in [0.2, 0.25) is 0 Å². The summed E-state index contributed by atoms with van der Waals surface area (Å²) in [5.41, 5.74) is 4.47. The third-order valence-corrected chi connectivity index (χ3v) is 8.18. The number of nitrogens with zero attached hydrogens (tertiary/aromatic N) is 3. The molecule has 0 radical (unpaired) electrons. The van der Waals surface area contributed by atoms with Gasteiger partial charge in [-0.3, -0.25) is 0 Å². The number of methoxy groups -OCH3 is 1. The van der Waals surface area contributed by atoms with E-state index in [0.717, 1.165) is 47.4 Å². The molecular formula is C29H30N4O4. The number of hydrogen-bond donors (Lipinski definition) is 2. The Bertz CT molecular complexity index is 1420. The molecule has 0 amide bonds. The van der Waals surface area contributed by atoms with Gasteiger partial charge in [0.1, 0.15) is 29.6 Å². The van der Waals surface area contributed by atoms with Crippen molar-refractivity contribution in [3.8, 4) is 5.75 Å². The summed E-state index contributed by atoms with van der Waals surface area (Å²) in [6.07, 6.45) is 5.01. The van der Waals surface area contributed by atoms with E-state index in [1.807, 2.05) is 36.5 Å². The third-order valence-electron chi connectivity index (χ3n) is 8.18. The van der Waals surface area contributed by atoms with E-state index in [9.17, 15) is 5.11 Å². The van der Waals surface area contributed by atoms with Gasteiger partial charge in [0.15, 0.2) is 6.29 Å². The number of rotatable bonds is 5. The maximum atomic E-state index is 11.4. The molecule has 190 valence electrons. The Hall–Kier alpha value is -3.46. The van der Waals surface area contributed by atoms with E-state index in [1.165, 1.54) is 11.1 Å². The molecule has 2 aromatic carbocycles. The smallest absolute Gasteiger partial charge is 0.184 e. The van der Waals surface area contributed by atoms with Gasteiger partial charge in [-0.15, -0.1) is 0 Å². The molecule has 0 spiro atoms. The van der Waals surface area contributed by atoms with Gasteiger partial charge in [-0.1, -0.05) is 36.4 Å². The van der Waals surface area contributed by atoms with E-state index in [-0.39, 0.29) is 24.1 Å². The molecule has 1 aliphatic heterocycles. The van der Waals surface area contributed by atoms with Gasteiger partial charge in [0.25, 0.3) is 0 Å². The second-order valence-corrected chi connectivity index (χ2v) is 10.2. The summed E-state index contributed by atoms with van der Waals surface area (Å²) in [7, 11) is 1.64. The standard InChI is InChI=1S/C29H30N4O4/c1-35-20-9-6-18(7-10-20)29-36-15-19-14-24(25(34)26(19)37-29)33-13-12-22-27(30-16-31-28(22)33)32-23-11-8-17-4-2-3-5-21(17)23/h2-7,9-10,12-13,16,19,23-26,29,34H,8,11,14-15H2,1H3,(H,30,31,32)/t19-,23-,24+,25-,26-,29-/m0/s1. The van der Waals surface area contributed by atoms with E-state index in [0.29, 0.717) is 6.61 Å². The zero-order chi connectivity index (χ0) is 24.9. The molecule has 3 heterocycles. The normalized spacial score (nSPS) is 28.7. The third kappa shape index (κ3) is 3.87. The Morgan fingerprint density at radius 2 is 1.95 bits per heavy atom. The molecule has 2 N–H and O–H groups in total. The molecule has 0 bridgehead atoms. The number of ether oxygens (including phenoxy) is 3. The predicted molar refractivity (Wildman–Crippen MR) is 138 cm³/mol. The Kier molecular flexibility index (Phi) is 5.61. The zero-order valence-electron chi connectivity index (χ0n) is 20.7. The van der Waals surface area contributed by atoms with Gasteiger partial charge in [-0.25, -0.2) is 9.97 Å². The number of fused-ring (bicyclic) bond motifs is 3. The topological polar surface area (TPSA) is 90.7 Å². The van der Waals surface area contributed by atoms with Crippen LogP contribution >= 0.6 is 0 Å². The summed E-state index contributed by atoms with van der Waals surface area (Å²) in [5.74, 6) is 1.72. The van der Waals surface area contributed by atoms with Crippen LogP contribution in [-0.2, 0) is 15.9 Å². The van der Waals surface area contributed by atoms with Gasteiger partial charge in [0.05, 0.1) is 37.3 Å². The Morgan fingerprint density at radius 3 is 2.81 bits per heavy atom. The molecule has 7 rings (SSSR count). The largest absolute Gasteiger partial charge is 0.497 e. The highest BCUT2D eigenvalue weighted by Crippen LogP contribution is 2.45. The first-order chi connectivity index (χ1) is 18.2. The molecule has 2 aromatic heterocycles.